The largest absolute Gasteiger partial charge is 0.452 e. The van der Waals surface area contributed by atoms with Crippen molar-refractivity contribution >= 4 is 45.2 Å². The third-order valence-electron chi connectivity index (χ3n) is 4.69. The number of hydrogen-bond acceptors (Lipinski definition) is 7. The van der Waals surface area contributed by atoms with Gasteiger partial charge in [-0.15, -0.1) is 23.1 Å². The maximum Gasteiger partial charge on any atom is 0.319 e. The minimum Gasteiger partial charge on any atom is -0.452 e. The minimum absolute atomic E-state index is 0.0971. The van der Waals surface area contributed by atoms with E-state index in [2.05, 4.69) is 15.3 Å². The van der Waals surface area contributed by atoms with Gasteiger partial charge in [0.15, 0.2) is 6.10 Å². The van der Waals surface area contributed by atoms with Crippen molar-refractivity contribution < 1.29 is 14.3 Å². The van der Waals surface area contributed by atoms with Crippen LogP contribution in [0.5, 0.6) is 0 Å². The van der Waals surface area contributed by atoms with E-state index in [1.54, 1.807) is 32.1 Å². The third-order valence-corrected chi connectivity index (χ3v) is 7.01. The molecular weight excluding hydrogens is 398 g/mol. The second kappa shape index (κ2) is 9.09. The van der Waals surface area contributed by atoms with Crippen LogP contribution in [0.2, 0.25) is 0 Å². The molecule has 0 unspecified atom stereocenters. The normalized spacial score (nSPS) is 15.7. The summed E-state index contributed by atoms with van der Waals surface area (Å²) in [6.07, 6.45) is 3.41. The second-order valence-electron chi connectivity index (χ2n) is 6.83. The van der Waals surface area contributed by atoms with E-state index < -0.39 is 17.3 Å². The van der Waals surface area contributed by atoms with Gasteiger partial charge in [-0.3, -0.25) is 14.4 Å². The van der Waals surface area contributed by atoms with Crippen LogP contribution in [0.15, 0.2) is 4.79 Å². The number of likely N-dealkylation sites (N-methyl/N-ethyl adjacent to an activating group) is 1. The predicted octanol–water partition coefficient (Wildman–Crippen LogP) is 2.55. The van der Waals surface area contributed by atoms with E-state index in [1.165, 1.54) is 16.6 Å². The first-order valence-corrected chi connectivity index (χ1v) is 11.4. The molecule has 2 atom stereocenters. The molecule has 1 amide bonds. The first-order chi connectivity index (χ1) is 13.4. The number of thiophene rings is 1. The number of hydrogen-bond donors (Lipinski definition) is 2. The van der Waals surface area contributed by atoms with Gasteiger partial charge in [0.25, 0.3) is 11.5 Å². The van der Waals surface area contributed by atoms with Gasteiger partial charge in [-0.05, 0) is 52.0 Å². The summed E-state index contributed by atoms with van der Waals surface area (Å²) >= 11 is 2.93. The van der Waals surface area contributed by atoms with Crippen molar-refractivity contribution in [3.63, 3.8) is 0 Å². The highest BCUT2D eigenvalue weighted by Crippen LogP contribution is 2.33. The van der Waals surface area contributed by atoms with E-state index in [0.29, 0.717) is 18.1 Å². The van der Waals surface area contributed by atoms with Gasteiger partial charge in [-0.2, -0.15) is 0 Å². The van der Waals surface area contributed by atoms with Crippen molar-refractivity contribution in [1.82, 2.24) is 15.3 Å². The van der Waals surface area contributed by atoms with E-state index in [9.17, 15) is 14.4 Å². The Balaban J connectivity index is 1.64. The fourth-order valence-corrected chi connectivity index (χ4v) is 5.21. The molecule has 9 heteroatoms. The molecule has 0 aromatic carbocycles. The van der Waals surface area contributed by atoms with E-state index in [0.717, 1.165) is 41.5 Å². The molecule has 0 bridgehead atoms. The molecule has 0 saturated carbocycles. The van der Waals surface area contributed by atoms with Gasteiger partial charge in [-0.25, -0.2) is 4.98 Å². The molecule has 2 N–H and O–H groups in total. The number of nitrogens with zero attached hydrogens (tertiary/aromatic N) is 1. The summed E-state index contributed by atoms with van der Waals surface area (Å²) in [5.41, 5.74) is 1.07. The zero-order valence-corrected chi connectivity index (χ0v) is 17.9. The lowest BCUT2D eigenvalue weighted by molar-refractivity contribution is -0.153. The monoisotopic (exact) mass is 423 g/mol. The number of carbonyl (C=O) groups excluding carboxylic acids is 2. The minimum atomic E-state index is -0.831. The molecule has 28 heavy (non-hydrogen) atoms. The number of aromatic amines is 1. The van der Waals surface area contributed by atoms with E-state index in [-0.39, 0.29) is 11.5 Å². The Bertz CT molecular complexity index is 937. The Morgan fingerprint density at radius 2 is 2.07 bits per heavy atom. The summed E-state index contributed by atoms with van der Waals surface area (Å²) in [6, 6.07) is 0. The Kier molecular flexibility index (Phi) is 6.77. The quantitative estimate of drug-likeness (QED) is 0.664. The Morgan fingerprint density at radius 1 is 1.32 bits per heavy atom. The van der Waals surface area contributed by atoms with Gasteiger partial charge in [0.2, 0.25) is 0 Å². The Labute approximate surface area is 171 Å². The molecule has 2 aromatic heterocycles. The van der Waals surface area contributed by atoms with E-state index in [1.807, 2.05) is 0 Å². The van der Waals surface area contributed by atoms with Crippen LogP contribution in [0, 0.1) is 0 Å². The number of thioether (sulfide) groups is 1. The third kappa shape index (κ3) is 4.57. The molecule has 0 spiro atoms. The van der Waals surface area contributed by atoms with Crippen LogP contribution in [0.25, 0.3) is 10.2 Å². The van der Waals surface area contributed by atoms with Crippen molar-refractivity contribution in [2.75, 3.05) is 6.54 Å². The maximum atomic E-state index is 12.6. The second-order valence-corrected chi connectivity index (χ2v) is 9.24. The molecule has 7 nitrogen and oxygen atoms in total. The molecule has 0 saturated heterocycles. The number of rotatable bonds is 7. The number of amides is 1. The van der Waals surface area contributed by atoms with Gasteiger partial charge >= 0.3 is 5.97 Å². The number of aromatic nitrogens is 2. The van der Waals surface area contributed by atoms with Gasteiger partial charge in [-0.1, -0.05) is 0 Å². The van der Waals surface area contributed by atoms with Crippen molar-refractivity contribution in [1.29, 1.82) is 0 Å². The number of fused-ring (bicyclic) bond motifs is 3. The van der Waals surface area contributed by atoms with E-state index in [4.69, 9.17) is 4.74 Å². The SMILES string of the molecule is CCNC(=O)[C@@H](C)OC(=O)[C@@H](C)SCc1nc2sc3c(c2c(=O)[nH]1)CCCC3. The number of aryl methyl sites for hydroxylation is 2. The van der Waals surface area contributed by atoms with Crippen LogP contribution < -0.4 is 10.9 Å². The highest BCUT2D eigenvalue weighted by atomic mass is 32.2. The molecule has 1 aliphatic rings. The van der Waals surface area contributed by atoms with Crippen molar-refractivity contribution in [2.24, 2.45) is 0 Å². The molecular formula is C19H25N3O4S2. The Morgan fingerprint density at radius 3 is 2.82 bits per heavy atom. The summed E-state index contributed by atoms with van der Waals surface area (Å²) in [4.78, 5) is 46.0. The number of carbonyl (C=O) groups is 2. The molecule has 2 aromatic rings. The van der Waals surface area contributed by atoms with Gasteiger partial charge < -0.3 is 15.0 Å². The van der Waals surface area contributed by atoms with Crippen LogP contribution in [0.3, 0.4) is 0 Å². The van der Waals surface area contributed by atoms with Gasteiger partial charge in [0, 0.05) is 11.4 Å². The molecule has 0 fully saturated rings. The van der Waals surface area contributed by atoms with Crippen molar-refractivity contribution in [3.8, 4) is 0 Å². The highest BCUT2D eigenvalue weighted by Gasteiger charge is 2.23. The summed E-state index contributed by atoms with van der Waals surface area (Å²) in [7, 11) is 0. The summed E-state index contributed by atoms with van der Waals surface area (Å²) < 4.78 is 5.20. The topological polar surface area (TPSA) is 101 Å². The summed E-state index contributed by atoms with van der Waals surface area (Å²) in [5, 5.41) is 2.88. The first kappa shape index (κ1) is 20.9. The zero-order chi connectivity index (χ0) is 20.3. The highest BCUT2D eigenvalue weighted by molar-refractivity contribution is 7.99. The number of nitrogens with one attached hydrogen (secondary N) is 2. The average molecular weight is 424 g/mol. The standard InChI is InChI=1S/C19H25N3O4S2/c1-4-20-16(23)10(2)26-19(25)11(3)27-9-14-21-17(24)15-12-7-5-6-8-13(12)28-18(15)22-14/h10-11H,4-9H2,1-3H3,(H,20,23)(H,21,22,24)/t10-,11-/m1/s1. The number of ether oxygens (including phenoxy) is 1. The van der Waals surface area contributed by atoms with Crippen LogP contribution >= 0.6 is 23.1 Å². The molecule has 2 heterocycles. The molecule has 1 aliphatic carbocycles. The average Bonchev–Trinajstić information content (AvgIpc) is 3.04. The van der Waals surface area contributed by atoms with E-state index >= 15 is 0 Å². The first-order valence-electron chi connectivity index (χ1n) is 9.54. The van der Waals surface area contributed by atoms with Gasteiger partial charge in [0.1, 0.15) is 15.9 Å². The zero-order valence-electron chi connectivity index (χ0n) is 16.3. The van der Waals surface area contributed by atoms with Crippen LogP contribution in [-0.2, 0) is 32.9 Å². The van der Waals surface area contributed by atoms with Crippen LogP contribution in [0.4, 0.5) is 0 Å². The lowest BCUT2D eigenvalue weighted by Gasteiger charge is -2.16. The lowest BCUT2D eigenvalue weighted by atomic mass is 9.97. The summed E-state index contributed by atoms with van der Waals surface area (Å²) in [5.74, 6) is 0.168. The molecule has 0 radical (unpaired) electrons. The van der Waals surface area contributed by atoms with Gasteiger partial charge in [0.05, 0.1) is 11.1 Å². The number of esters is 1. The van der Waals surface area contributed by atoms with Crippen molar-refractivity contribution in [3.05, 3.63) is 26.6 Å². The maximum absolute atomic E-state index is 12.6. The smallest absolute Gasteiger partial charge is 0.319 e. The number of H-pyrrole nitrogens is 1. The molecule has 152 valence electrons. The summed E-state index contributed by atoms with van der Waals surface area (Å²) in [6.45, 7) is 5.56. The fourth-order valence-electron chi connectivity index (χ4n) is 3.19. The van der Waals surface area contributed by atoms with Crippen LogP contribution in [0.1, 0.15) is 49.9 Å². The molecule has 0 aliphatic heterocycles. The van der Waals surface area contributed by atoms with Crippen LogP contribution in [-0.4, -0.2) is 39.7 Å². The molecule has 3 rings (SSSR count). The lowest BCUT2D eigenvalue weighted by Crippen LogP contribution is -2.37. The fraction of sp³-hybridized carbons (Fsp3) is 0.579. The Hall–Kier alpha value is -1.87. The predicted molar refractivity (Wildman–Crippen MR) is 112 cm³/mol. The van der Waals surface area contributed by atoms with Crippen molar-refractivity contribution in [2.45, 2.75) is 63.6 Å².